The van der Waals surface area contributed by atoms with Crippen molar-refractivity contribution in [3.05, 3.63) is 46.9 Å². The molecule has 0 fully saturated rings. The minimum absolute atomic E-state index is 0.0522. The minimum atomic E-state index is -4.62. The van der Waals surface area contributed by atoms with Crippen molar-refractivity contribution in [1.82, 2.24) is 19.6 Å². The van der Waals surface area contributed by atoms with Crippen molar-refractivity contribution < 1.29 is 17.9 Å². The van der Waals surface area contributed by atoms with E-state index in [2.05, 4.69) is 20.4 Å². The second-order valence-electron chi connectivity index (χ2n) is 6.19. The van der Waals surface area contributed by atoms with Crippen LogP contribution in [0.2, 0.25) is 0 Å². The normalized spacial score (nSPS) is 16.7. The van der Waals surface area contributed by atoms with Crippen LogP contribution in [-0.4, -0.2) is 26.7 Å². The van der Waals surface area contributed by atoms with Gasteiger partial charge in [-0.3, -0.25) is 0 Å². The summed E-state index contributed by atoms with van der Waals surface area (Å²) in [6.07, 6.45) is -2.99. The zero-order chi connectivity index (χ0) is 18.5. The van der Waals surface area contributed by atoms with E-state index in [9.17, 15) is 13.2 Å². The van der Waals surface area contributed by atoms with Crippen LogP contribution >= 0.6 is 0 Å². The van der Waals surface area contributed by atoms with E-state index < -0.39 is 12.0 Å². The number of nitrogens with one attached hydrogen (secondary N) is 1. The van der Waals surface area contributed by atoms with Crippen molar-refractivity contribution in [3.63, 3.8) is 0 Å². The Balaban J connectivity index is 1.74. The van der Waals surface area contributed by atoms with Gasteiger partial charge in [0.25, 0.3) is 11.6 Å². The topological polar surface area (TPSA) is 64.3 Å². The molecule has 0 amide bonds. The average molecular weight is 363 g/mol. The summed E-state index contributed by atoms with van der Waals surface area (Å²) >= 11 is 0. The Morgan fingerprint density at radius 2 is 2.08 bits per heavy atom. The number of halogens is 3. The highest BCUT2D eigenvalue weighted by atomic mass is 19.4. The predicted molar refractivity (Wildman–Crippen MR) is 88.2 cm³/mol. The highest BCUT2D eigenvalue weighted by Crippen LogP contribution is 2.38. The summed E-state index contributed by atoms with van der Waals surface area (Å²) in [6, 6.07) is 7.42. The molecule has 0 aliphatic heterocycles. The second kappa shape index (κ2) is 5.86. The number of aromatic nitrogens is 4. The Morgan fingerprint density at radius 1 is 1.27 bits per heavy atom. The van der Waals surface area contributed by atoms with Crippen LogP contribution in [0.4, 0.5) is 19.0 Å². The van der Waals surface area contributed by atoms with Crippen molar-refractivity contribution in [2.75, 3.05) is 12.4 Å². The molecule has 1 N–H and O–H groups in total. The van der Waals surface area contributed by atoms with Gasteiger partial charge in [0, 0.05) is 11.8 Å². The summed E-state index contributed by atoms with van der Waals surface area (Å²) in [6.45, 7) is 1.71. The van der Waals surface area contributed by atoms with Gasteiger partial charge < -0.3 is 10.1 Å². The Bertz CT molecular complexity index is 982. The largest absolute Gasteiger partial charge is 0.496 e. The fourth-order valence-electron chi connectivity index (χ4n) is 3.35. The number of benzene rings is 1. The van der Waals surface area contributed by atoms with Gasteiger partial charge >= 0.3 is 6.18 Å². The molecule has 2 heterocycles. The molecule has 136 valence electrons. The molecule has 0 radical (unpaired) electrons. The molecule has 0 saturated heterocycles. The molecule has 0 bridgehead atoms. The number of hydrogen-bond acceptors (Lipinski definition) is 5. The number of anilines is 1. The monoisotopic (exact) mass is 363 g/mol. The first-order valence-corrected chi connectivity index (χ1v) is 8.11. The number of hydrogen-bond donors (Lipinski definition) is 1. The van der Waals surface area contributed by atoms with E-state index in [-0.39, 0.29) is 11.8 Å². The van der Waals surface area contributed by atoms with Crippen molar-refractivity contribution in [2.24, 2.45) is 0 Å². The lowest BCUT2D eigenvalue weighted by atomic mass is 10.1. The van der Waals surface area contributed by atoms with E-state index in [1.165, 1.54) is 0 Å². The van der Waals surface area contributed by atoms with Crippen molar-refractivity contribution in [2.45, 2.75) is 32.0 Å². The third-order valence-corrected chi connectivity index (χ3v) is 4.46. The van der Waals surface area contributed by atoms with E-state index in [0.29, 0.717) is 11.5 Å². The number of nitrogens with zero attached hydrogens (tertiary/aromatic N) is 4. The Morgan fingerprint density at radius 3 is 2.81 bits per heavy atom. The fourth-order valence-corrected chi connectivity index (χ4v) is 3.35. The summed E-state index contributed by atoms with van der Waals surface area (Å²) < 4.78 is 45.3. The number of methoxy groups -OCH3 is 1. The van der Waals surface area contributed by atoms with Gasteiger partial charge in [-0.2, -0.15) is 22.7 Å². The van der Waals surface area contributed by atoms with Gasteiger partial charge in [-0.15, -0.1) is 5.10 Å². The number of fused-ring (bicyclic) bond motifs is 2. The van der Waals surface area contributed by atoms with E-state index in [1.807, 2.05) is 18.2 Å². The highest BCUT2D eigenvalue weighted by molar-refractivity contribution is 5.51. The second-order valence-corrected chi connectivity index (χ2v) is 6.19. The van der Waals surface area contributed by atoms with Crippen molar-refractivity contribution in [1.29, 1.82) is 0 Å². The smallest absolute Gasteiger partial charge is 0.453 e. The minimum Gasteiger partial charge on any atom is -0.496 e. The molecule has 1 atom stereocenters. The first-order valence-electron chi connectivity index (χ1n) is 8.11. The maximum atomic E-state index is 12.9. The van der Waals surface area contributed by atoms with E-state index in [4.69, 9.17) is 4.74 Å². The molecule has 1 aliphatic carbocycles. The summed E-state index contributed by atoms with van der Waals surface area (Å²) in [5, 5.41) is 6.88. The summed E-state index contributed by atoms with van der Waals surface area (Å²) in [4.78, 5) is 7.55. The number of alkyl halides is 3. The molecule has 0 saturated carbocycles. The number of aryl methyl sites for hydroxylation is 1. The summed E-state index contributed by atoms with van der Waals surface area (Å²) in [5.41, 5.74) is 2.75. The first kappa shape index (κ1) is 16.6. The van der Waals surface area contributed by atoms with Gasteiger partial charge in [0.15, 0.2) is 0 Å². The van der Waals surface area contributed by atoms with Gasteiger partial charge in [-0.1, -0.05) is 12.1 Å². The van der Waals surface area contributed by atoms with Gasteiger partial charge in [-0.25, -0.2) is 4.98 Å². The van der Waals surface area contributed by atoms with E-state index in [1.54, 1.807) is 20.1 Å². The first-order chi connectivity index (χ1) is 12.4. The number of rotatable bonds is 3. The lowest BCUT2D eigenvalue weighted by Gasteiger charge is -2.17. The van der Waals surface area contributed by atoms with E-state index in [0.717, 1.165) is 34.2 Å². The van der Waals surface area contributed by atoms with Crippen LogP contribution < -0.4 is 10.1 Å². The van der Waals surface area contributed by atoms with Gasteiger partial charge in [0.05, 0.1) is 13.2 Å². The van der Waals surface area contributed by atoms with Crippen LogP contribution in [0, 0.1) is 6.92 Å². The highest BCUT2D eigenvalue weighted by Gasteiger charge is 2.37. The molecule has 26 heavy (non-hydrogen) atoms. The Hall–Kier alpha value is -2.84. The summed E-state index contributed by atoms with van der Waals surface area (Å²) in [7, 11) is 1.63. The van der Waals surface area contributed by atoms with Crippen LogP contribution in [-0.2, 0) is 12.6 Å². The molecule has 6 nitrogen and oxygen atoms in total. The molecular formula is C17H16F3N5O. The molecular weight excluding hydrogens is 347 g/mol. The fraction of sp³-hybridized carbons (Fsp3) is 0.353. The van der Waals surface area contributed by atoms with Gasteiger partial charge in [-0.05, 0) is 37.0 Å². The molecule has 4 rings (SSSR count). The zero-order valence-corrected chi connectivity index (χ0v) is 14.1. The molecule has 9 heteroatoms. The standard InChI is InChI=1S/C17H16F3N5O/c1-9-8-14(25-16(21-9)23-15(24-25)17(18,19)20)22-12-7-6-11-10(12)4-3-5-13(11)26-2/h3-5,8,12,22H,6-7H2,1-2H3. The van der Waals surface area contributed by atoms with Crippen LogP contribution in [0.15, 0.2) is 24.3 Å². The maximum absolute atomic E-state index is 12.9. The van der Waals surface area contributed by atoms with Crippen LogP contribution in [0.1, 0.15) is 35.1 Å². The molecule has 2 aromatic heterocycles. The lowest BCUT2D eigenvalue weighted by Crippen LogP contribution is -2.12. The molecule has 3 aromatic rings. The quantitative estimate of drug-likeness (QED) is 0.771. The Labute approximate surface area is 147 Å². The average Bonchev–Trinajstić information content (AvgIpc) is 3.19. The molecule has 0 spiro atoms. The van der Waals surface area contributed by atoms with Crippen LogP contribution in [0.5, 0.6) is 5.75 Å². The third-order valence-electron chi connectivity index (χ3n) is 4.46. The van der Waals surface area contributed by atoms with Gasteiger partial charge in [0.2, 0.25) is 0 Å². The summed E-state index contributed by atoms with van der Waals surface area (Å²) in [5.74, 6) is -0.0324. The van der Waals surface area contributed by atoms with Crippen LogP contribution in [0.25, 0.3) is 5.78 Å². The zero-order valence-electron chi connectivity index (χ0n) is 14.1. The van der Waals surface area contributed by atoms with Crippen LogP contribution in [0.3, 0.4) is 0 Å². The molecule has 1 aliphatic rings. The lowest BCUT2D eigenvalue weighted by molar-refractivity contribution is -0.144. The van der Waals surface area contributed by atoms with E-state index >= 15 is 0 Å². The third kappa shape index (κ3) is 2.73. The van der Waals surface area contributed by atoms with Crippen molar-refractivity contribution >= 4 is 11.6 Å². The maximum Gasteiger partial charge on any atom is 0.453 e. The SMILES string of the molecule is COc1cccc2c1CCC2Nc1cc(C)nc2nc(C(F)(F)F)nn12. The van der Waals surface area contributed by atoms with Gasteiger partial charge in [0.1, 0.15) is 11.6 Å². The Kier molecular flexibility index (Phi) is 3.74. The van der Waals surface area contributed by atoms with Crippen molar-refractivity contribution in [3.8, 4) is 5.75 Å². The molecule has 1 unspecified atom stereocenters. The molecule has 1 aromatic carbocycles. The predicted octanol–water partition coefficient (Wildman–Crippen LogP) is 3.56. The number of ether oxygens (including phenoxy) is 1.